The lowest BCUT2D eigenvalue weighted by atomic mass is 9.98. The molecule has 6 rings (SSSR count). The predicted molar refractivity (Wildman–Crippen MR) is 132 cm³/mol. The fourth-order valence-corrected chi connectivity index (χ4v) is 5.57. The number of nitrogens with zero attached hydrogens (tertiary/aromatic N) is 2. The van der Waals surface area contributed by atoms with Crippen molar-refractivity contribution < 1.29 is 28.8 Å². The highest BCUT2D eigenvalue weighted by Gasteiger charge is 2.51. The second-order valence-corrected chi connectivity index (χ2v) is 9.66. The molecule has 2 heterocycles. The third kappa shape index (κ3) is 3.51. The molecule has 0 unspecified atom stereocenters. The summed E-state index contributed by atoms with van der Waals surface area (Å²) < 4.78 is 5.76. The molecule has 1 fully saturated rings. The Morgan fingerprint density at radius 2 is 1.35 bits per heavy atom. The van der Waals surface area contributed by atoms with Crippen molar-refractivity contribution in [3.8, 4) is 11.1 Å². The summed E-state index contributed by atoms with van der Waals surface area (Å²) >= 11 is 0. The minimum atomic E-state index is -1.38. The molecule has 3 amide bonds. The van der Waals surface area contributed by atoms with Crippen molar-refractivity contribution in [3.63, 3.8) is 0 Å². The quantitative estimate of drug-likeness (QED) is 0.492. The van der Waals surface area contributed by atoms with Gasteiger partial charge in [0.2, 0.25) is 0 Å². The maximum atomic E-state index is 13.3. The summed E-state index contributed by atoms with van der Waals surface area (Å²) in [6.45, 7) is 1.99. The van der Waals surface area contributed by atoms with Crippen LogP contribution in [0.1, 0.15) is 57.5 Å². The van der Waals surface area contributed by atoms with E-state index in [4.69, 9.17) is 9.57 Å². The zero-order valence-electron chi connectivity index (χ0n) is 20.2. The van der Waals surface area contributed by atoms with Gasteiger partial charge in [-0.25, -0.2) is 9.59 Å². The SMILES string of the molecule is C[C@]1(C(=O)ON2C(=O)c3ccccc3C2=O)CCCN1C(=O)OCC1c2ccccc2-c2ccccc21. The number of hydrogen-bond donors (Lipinski definition) is 0. The molecule has 8 nitrogen and oxygen atoms in total. The number of amides is 3. The van der Waals surface area contributed by atoms with Gasteiger partial charge in [0.1, 0.15) is 12.1 Å². The van der Waals surface area contributed by atoms with Crippen molar-refractivity contribution in [3.05, 3.63) is 95.1 Å². The van der Waals surface area contributed by atoms with Crippen molar-refractivity contribution in [2.45, 2.75) is 31.2 Å². The van der Waals surface area contributed by atoms with Crippen LogP contribution in [0.25, 0.3) is 11.1 Å². The van der Waals surface area contributed by atoms with Crippen LogP contribution in [-0.4, -0.2) is 52.5 Å². The van der Waals surface area contributed by atoms with Crippen LogP contribution in [0.15, 0.2) is 72.8 Å². The minimum Gasteiger partial charge on any atom is -0.448 e. The van der Waals surface area contributed by atoms with Crippen LogP contribution in [0, 0.1) is 0 Å². The molecule has 2 aliphatic heterocycles. The van der Waals surface area contributed by atoms with Crippen molar-refractivity contribution in [2.75, 3.05) is 13.2 Å². The zero-order valence-corrected chi connectivity index (χ0v) is 20.2. The van der Waals surface area contributed by atoms with E-state index in [1.807, 2.05) is 36.4 Å². The maximum absolute atomic E-state index is 13.3. The lowest BCUT2D eigenvalue weighted by molar-refractivity contribution is -0.179. The van der Waals surface area contributed by atoms with Gasteiger partial charge in [-0.05, 0) is 54.2 Å². The summed E-state index contributed by atoms with van der Waals surface area (Å²) in [5, 5.41) is 0.479. The molecule has 0 N–H and O–H groups in total. The molecule has 0 spiro atoms. The van der Waals surface area contributed by atoms with Crippen molar-refractivity contribution in [1.82, 2.24) is 9.96 Å². The second kappa shape index (κ2) is 8.58. The van der Waals surface area contributed by atoms with Gasteiger partial charge in [0, 0.05) is 12.5 Å². The molecule has 186 valence electrons. The van der Waals surface area contributed by atoms with E-state index in [2.05, 4.69) is 12.1 Å². The fourth-order valence-electron chi connectivity index (χ4n) is 5.57. The van der Waals surface area contributed by atoms with Crippen molar-refractivity contribution in [1.29, 1.82) is 0 Å². The van der Waals surface area contributed by atoms with E-state index in [1.165, 1.54) is 17.0 Å². The van der Waals surface area contributed by atoms with Gasteiger partial charge in [-0.3, -0.25) is 14.5 Å². The summed E-state index contributed by atoms with van der Waals surface area (Å²) in [5.74, 6) is -2.38. The number of benzene rings is 3. The summed E-state index contributed by atoms with van der Waals surface area (Å²) in [4.78, 5) is 58.4. The maximum Gasteiger partial charge on any atom is 0.410 e. The molecule has 3 aromatic rings. The van der Waals surface area contributed by atoms with Crippen molar-refractivity contribution >= 4 is 23.9 Å². The highest BCUT2D eigenvalue weighted by atomic mass is 16.7. The number of ether oxygens (including phenoxy) is 1. The Morgan fingerprint density at radius 3 is 1.92 bits per heavy atom. The molecule has 1 aliphatic carbocycles. The Labute approximate surface area is 213 Å². The Hall–Kier alpha value is -4.46. The number of fused-ring (bicyclic) bond motifs is 4. The van der Waals surface area contributed by atoms with E-state index < -0.39 is 29.4 Å². The van der Waals surface area contributed by atoms with E-state index in [-0.39, 0.29) is 23.7 Å². The van der Waals surface area contributed by atoms with Gasteiger partial charge in [0.05, 0.1) is 11.1 Å². The Kier molecular flexibility index (Phi) is 5.33. The monoisotopic (exact) mass is 496 g/mol. The van der Waals surface area contributed by atoms with Gasteiger partial charge in [-0.15, -0.1) is 0 Å². The molecule has 37 heavy (non-hydrogen) atoms. The number of likely N-dealkylation sites (tertiary alicyclic amines) is 1. The molecular weight excluding hydrogens is 472 g/mol. The van der Waals surface area contributed by atoms with E-state index in [9.17, 15) is 19.2 Å². The van der Waals surface area contributed by atoms with Crippen LogP contribution < -0.4 is 0 Å². The van der Waals surface area contributed by atoms with Crippen LogP contribution >= 0.6 is 0 Å². The van der Waals surface area contributed by atoms with E-state index in [0.29, 0.717) is 24.4 Å². The largest absolute Gasteiger partial charge is 0.448 e. The molecule has 3 aliphatic rings. The van der Waals surface area contributed by atoms with Gasteiger partial charge < -0.3 is 9.57 Å². The van der Waals surface area contributed by atoms with Crippen LogP contribution in [0.2, 0.25) is 0 Å². The van der Waals surface area contributed by atoms with Crippen LogP contribution in [0.3, 0.4) is 0 Å². The molecule has 0 radical (unpaired) electrons. The number of hydrogen-bond acceptors (Lipinski definition) is 6. The molecule has 1 atom stereocenters. The fraction of sp³-hybridized carbons (Fsp3) is 0.241. The van der Waals surface area contributed by atoms with Gasteiger partial charge in [-0.2, -0.15) is 0 Å². The molecule has 8 heteroatoms. The number of imide groups is 1. The smallest absolute Gasteiger partial charge is 0.410 e. The van der Waals surface area contributed by atoms with Crippen LogP contribution in [0.4, 0.5) is 4.79 Å². The highest BCUT2D eigenvalue weighted by Crippen LogP contribution is 2.44. The van der Waals surface area contributed by atoms with Gasteiger partial charge in [0.15, 0.2) is 0 Å². The molecule has 0 saturated carbocycles. The summed E-state index contributed by atoms with van der Waals surface area (Å²) in [6.07, 6.45) is 0.234. The van der Waals surface area contributed by atoms with E-state index in [1.54, 1.807) is 19.1 Å². The lowest BCUT2D eigenvalue weighted by Gasteiger charge is -2.32. The Bertz CT molecular complexity index is 1390. The van der Waals surface area contributed by atoms with E-state index >= 15 is 0 Å². The van der Waals surface area contributed by atoms with Crippen LogP contribution in [-0.2, 0) is 14.4 Å². The first kappa shape index (κ1) is 23.0. The number of carbonyl (C=O) groups excluding carboxylic acids is 4. The minimum absolute atomic E-state index is 0.115. The van der Waals surface area contributed by atoms with Gasteiger partial charge in [-0.1, -0.05) is 65.7 Å². The first-order valence-electron chi connectivity index (χ1n) is 12.2. The molecule has 0 bridgehead atoms. The third-order valence-electron chi connectivity index (χ3n) is 7.57. The Morgan fingerprint density at radius 1 is 0.838 bits per heavy atom. The average Bonchev–Trinajstić information content (AvgIpc) is 3.55. The normalized spacial score (nSPS) is 20.0. The molecule has 3 aromatic carbocycles. The summed E-state index contributed by atoms with van der Waals surface area (Å²) in [7, 11) is 0. The molecular formula is C29H24N2O6. The number of rotatable bonds is 4. The Balaban J connectivity index is 1.17. The predicted octanol–water partition coefficient (Wildman–Crippen LogP) is 4.54. The topological polar surface area (TPSA) is 93.2 Å². The van der Waals surface area contributed by atoms with Gasteiger partial charge in [0.25, 0.3) is 11.8 Å². The lowest BCUT2D eigenvalue weighted by Crippen LogP contribution is -2.53. The van der Waals surface area contributed by atoms with Gasteiger partial charge >= 0.3 is 12.1 Å². The van der Waals surface area contributed by atoms with Crippen LogP contribution in [0.5, 0.6) is 0 Å². The first-order valence-corrected chi connectivity index (χ1v) is 12.2. The number of hydroxylamine groups is 2. The highest BCUT2D eigenvalue weighted by molar-refractivity contribution is 6.21. The number of carbonyl (C=O) groups is 4. The molecule has 0 aromatic heterocycles. The first-order chi connectivity index (χ1) is 17.9. The standard InChI is InChI=1S/C29H24N2O6/c1-29(27(34)37-31-25(32)22-13-6-7-14-23(22)26(31)33)15-8-16-30(29)28(35)36-17-24-20-11-4-2-9-18(20)19-10-3-5-12-21(19)24/h2-7,9-14,24H,8,15-17H2,1H3/t29-/m1/s1. The summed E-state index contributed by atoms with van der Waals surface area (Å²) in [6, 6.07) is 22.4. The second-order valence-electron chi connectivity index (χ2n) is 9.66. The van der Waals surface area contributed by atoms with E-state index in [0.717, 1.165) is 22.3 Å². The summed E-state index contributed by atoms with van der Waals surface area (Å²) in [5.41, 5.74) is 3.38. The average molecular weight is 497 g/mol. The molecule has 1 saturated heterocycles. The van der Waals surface area contributed by atoms with Crippen molar-refractivity contribution in [2.24, 2.45) is 0 Å². The zero-order chi connectivity index (χ0) is 25.7. The third-order valence-corrected chi connectivity index (χ3v) is 7.57.